The van der Waals surface area contributed by atoms with Crippen molar-refractivity contribution in [3.63, 3.8) is 0 Å². The van der Waals surface area contributed by atoms with Crippen LogP contribution in [0.4, 0.5) is 0 Å². The highest BCUT2D eigenvalue weighted by molar-refractivity contribution is 8.26. The first-order chi connectivity index (χ1) is 9.10. The van der Waals surface area contributed by atoms with E-state index in [1.165, 1.54) is 18.2 Å². The summed E-state index contributed by atoms with van der Waals surface area (Å²) in [4.78, 5) is 14.3. The maximum absolute atomic E-state index is 12.1. The number of thioether (sulfide) groups is 1. The number of thiocarbonyl (C=S) groups is 1. The van der Waals surface area contributed by atoms with E-state index in [9.17, 15) is 4.79 Å². The van der Waals surface area contributed by atoms with E-state index in [4.69, 9.17) is 16.6 Å². The summed E-state index contributed by atoms with van der Waals surface area (Å²) >= 11 is 6.52. The Morgan fingerprint density at radius 3 is 2.89 bits per heavy atom. The third kappa shape index (κ3) is 2.37. The monoisotopic (exact) mass is 293 g/mol. The van der Waals surface area contributed by atoms with E-state index in [0.717, 1.165) is 17.4 Å². The van der Waals surface area contributed by atoms with Crippen LogP contribution in [0.25, 0.3) is 6.08 Å². The molecule has 5 heteroatoms. The molecule has 0 spiro atoms. The lowest BCUT2D eigenvalue weighted by Crippen LogP contribution is -2.27. The molecular formula is C14H15NO2S2. The molecule has 100 valence electrons. The molecule has 1 amide bonds. The molecule has 0 unspecified atom stereocenters. The van der Waals surface area contributed by atoms with Crippen LogP contribution < -0.4 is 0 Å². The van der Waals surface area contributed by atoms with Crippen LogP contribution in [-0.2, 0) is 4.79 Å². The first-order valence-corrected chi connectivity index (χ1v) is 7.67. The lowest BCUT2D eigenvalue weighted by Gasteiger charge is -2.09. The molecule has 1 aromatic heterocycles. The van der Waals surface area contributed by atoms with Gasteiger partial charge in [0.2, 0.25) is 0 Å². The van der Waals surface area contributed by atoms with E-state index < -0.39 is 0 Å². The van der Waals surface area contributed by atoms with Crippen LogP contribution in [-0.4, -0.2) is 21.7 Å². The molecule has 2 aliphatic rings. The number of furan rings is 1. The predicted octanol–water partition coefficient (Wildman–Crippen LogP) is 3.62. The van der Waals surface area contributed by atoms with Gasteiger partial charge in [-0.25, -0.2) is 0 Å². The summed E-state index contributed by atoms with van der Waals surface area (Å²) < 4.78 is 6.41. The highest BCUT2D eigenvalue weighted by Crippen LogP contribution is 2.47. The summed E-state index contributed by atoms with van der Waals surface area (Å²) in [5.74, 6) is 3.04. The number of rotatable bonds is 3. The Morgan fingerprint density at radius 2 is 2.32 bits per heavy atom. The van der Waals surface area contributed by atoms with Gasteiger partial charge in [0.25, 0.3) is 5.91 Å². The summed E-state index contributed by atoms with van der Waals surface area (Å²) in [6, 6.07) is 3.94. The number of carbonyl (C=O) groups excluding carboxylic acids is 1. The van der Waals surface area contributed by atoms with Crippen molar-refractivity contribution in [1.82, 2.24) is 4.90 Å². The Kier molecular flexibility index (Phi) is 3.27. The molecule has 3 nitrogen and oxygen atoms in total. The summed E-state index contributed by atoms with van der Waals surface area (Å²) in [6.45, 7) is 4.76. The van der Waals surface area contributed by atoms with Crippen molar-refractivity contribution in [3.8, 4) is 0 Å². The van der Waals surface area contributed by atoms with Crippen LogP contribution in [0.15, 0.2) is 21.5 Å². The molecule has 3 rings (SSSR count). The van der Waals surface area contributed by atoms with Crippen LogP contribution in [0.1, 0.15) is 37.7 Å². The Hall–Kier alpha value is -1.07. The van der Waals surface area contributed by atoms with Gasteiger partial charge in [-0.05, 0) is 31.4 Å². The van der Waals surface area contributed by atoms with Gasteiger partial charge in [-0.2, -0.15) is 0 Å². The van der Waals surface area contributed by atoms with Crippen molar-refractivity contribution in [2.75, 3.05) is 6.54 Å². The Morgan fingerprint density at radius 1 is 1.58 bits per heavy atom. The lowest BCUT2D eigenvalue weighted by atomic mass is 10.3. The van der Waals surface area contributed by atoms with Gasteiger partial charge in [0, 0.05) is 18.5 Å². The molecule has 1 saturated carbocycles. The van der Waals surface area contributed by atoms with Crippen LogP contribution >= 0.6 is 24.0 Å². The van der Waals surface area contributed by atoms with Crippen LogP contribution in [0, 0.1) is 5.92 Å². The second-order valence-corrected chi connectivity index (χ2v) is 6.66. The van der Waals surface area contributed by atoms with E-state index in [1.54, 1.807) is 11.0 Å². The average Bonchev–Trinajstić information content (AvgIpc) is 2.83. The summed E-state index contributed by atoms with van der Waals surface area (Å²) in [5, 5.41) is 0. The van der Waals surface area contributed by atoms with Crippen molar-refractivity contribution in [2.45, 2.75) is 26.2 Å². The summed E-state index contributed by atoms with van der Waals surface area (Å²) in [6.07, 6.45) is 3.00. The Labute approximate surface area is 122 Å². The largest absolute Gasteiger partial charge is 0.461 e. The number of carbonyl (C=O) groups is 1. The second kappa shape index (κ2) is 4.80. The number of likely N-dealkylation sites (N-methyl/N-ethyl adjacent to an activating group) is 1. The minimum absolute atomic E-state index is 0.0183. The minimum atomic E-state index is -0.0183. The number of amides is 1. The maximum atomic E-state index is 12.1. The zero-order valence-corrected chi connectivity index (χ0v) is 12.5. The molecular weight excluding hydrogens is 278 g/mol. The Balaban J connectivity index is 1.80. The topological polar surface area (TPSA) is 33.5 Å². The van der Waals surface area contributed by atoms with Gasteiger partial charge in [-0.1, -0.05) is 30.9 Å². The van der Waals surface area contributed by atoms with E-state index >= 15 is 0 Å². The smallest absolute Gasteiger partial charge is 0.266 e. The molecule has 19 heavy (non-hydrogen) atoms. The third-order valence-electron chi connectivity index (χ3n) is 3.59. The maximum Gasteiger partial charge on any atom is 0.266 e. The normalized spacial score (nSPS) is 28.5. The van der Waals surface area contributed by atoms with E-state index in [0.29, 0.717) is 21.7 Å². The minimum Gasteiger partial charge on any atom is -0.461 e. The Bertz CT molecular complexity index is 576. The fraction of sp³-hybridized carbons (Fsp3) is 0.429. The van der Waals surface area contributed by atoms with Gasteiger partial charge in [-0.15, -0.1) is 0 Å². The standard InChI is InChI=1S/C14H15NO2S2/c1-3-15-13(16)12(19-14(15)18)7-9-4-5-11(17-9)10-6-8(10)2/h4-5,7-8,10H,3,6H2,1-2H3/b12-7+/t8-,10+/m1/s1. The van der Waals surface area contributed by atoms with Crippen molar-refractivity contribution >= 4 is 40.3 Å². The van der Waals surface area contributed by atoms with E-state index in [2.05, 4.69) is 6.92 Å². The van der Waals surface area contributed by atoms with E-state index in [1.807, 2.05) is 19.1 Å². The molecule has 0 N–H and O–H groups in total. The van der Waals surface area contributed by atoms with Gasteiger partial charge < -0.3 is 4.42 Å². The molecule has 2 fully saturated rings. The average molecular weight is 293 g/mol. The van der Waals surface area contributed by atoms with Crippen molar-refractivity contribution < 1.29 is 9.21 Å². The number of hydrogen-bond acceptors (Lipinski definition) is 4. The summed E-state index contributed by atoms with van der Waals surface area (Å²) in [7, 11) is 0. The third-order valence-corrected chi connectivity index (χ3v) is 4.96. The second-order valence-electron chi connectivity index (χ2n) is 4.99. The highest BCUT2D eigenvalue weighted by Gasteiger charge is 2.36. The fourth-order valence-corrected chi connectivity index (χ4v) is 3.63. The van der Waals surface area contributed by atoms with Crippen LogP contribution in [0.5, 0.6) is 0 Å². The molecule has 2 atom stereocenters. The van der Waals surface area contributed by atoms with E-state index in [-0.39, 0.29) is 5.91 Å². The molecule has 1 aliphatic carbocycles. The van der Waals surface area contributed by atoms with Gasteiger partial charge in [-0.3, -0.25) is 9.69 Å². The van der Waals surface area contributed by atoms with Gasteiger partial charge in [0.1, 0.15) is 15.8 Å². The number of hydrogen-bond donors (Lipinski definition) is 0. The first kappa shape index (κ1) is 12.9. The molecule has 0 radical (unpaired) electrons. The lowest BCUT2D eigenvalue weighted by molar-refractivity contribution is -0.121. The predicted molar refractivity (Wildman–Crippen MR) is 80.8 cm³/mol. The quantitative estimate of drug-likeness (QED) is 0.629. The SMILES string of the molecule is CCN1C(=O)/C(=C\c2ccc([C@H]3C[C@H]3C)o2)SC1=S. The van der Waals surface area contributed by atoms with Gasteiger partial charge in [0.05, 0.1) is 4.91 Å². The van der Waals surface area contributed by atoms with Gasteiger partial charge in [0.15, 0.2) is 0 Å². The number of nitrogens with zero attached hydrogens (tertiary/aromatic N) is 1. The zero-order chi connectivity index (χ0) is 13.6. The molecule has 1 aromatic rings. The molecule has 1 saturated heterocycles. The van der Waals surface area contributed by atoms with Crippen molar-refractivity contribution in [3.05, 3.63) is 28.6 Å². The molecule has 2 heterocycles. The molecule has 0 bridgehead atoms. The van der Waals surface area contributed by atoms with Crippen LogP contribution in [0.2, 0.25) is 0 Å². The fourth-order valence-electron chi connectivity index (χ4n) is 2.27. The molecule has 0 aromatic carbocycles. The van der Waals surface area contributed by atoms with Crippen LogP contribution in [0.3, 0.4) is 0 Å². The van der Waals surface area contributed by atoms with Crippen molar-refractivity contribution in [1.29, 1.82) is 0 Å². The first-order valence-electron chi connectivity index (χ1n) is 6.45. The zero-order valence-electron chi connectivity index (χ0n) is 10.9. The highest BCUT2D eigenvalue weighted by atomic mass is 32.2. The van der Waals surface area contributed by atoms with Crippen molar-refractivity contribution in [2.24, 2.45) is 5.92 Å². The summed E-state index contributed by atoms with van der Waals surface area (Å²) in [5.41, 5.74) is 0. The molecule has 1 aliphatic heterocycles. The van der Waals surface area contributed by atoms with Gasteiger partial charge >= 0.3 is 0 Å².